The van der Waals surface area contributed by atoms with Gasteiger partial charge in [-0.1, -0.05) is 24.3 Å². The van der Waals surface area contributed by atoms with Gasteiger partial charge in [-0.05, 0) is 18.6 Å². The Morgan fingerprint density at radius 2 is 2.06 bits per heavy atom. The number of nitrogens with zero attached hydrogens (tertiary/aromatic N) is 1. The number of aryl methyl sites for hydroxylation is 1. The second-order valence-electron chi connectivity index (χ2n) is 3.59. The maximum absolute atomic E-state index is 10.4. The zero-order valence-corrected chi connectivity index (χ0v) is 10.1. The number of rotatable bonds is 3. The van der Waals surface area contributed by atoms with Gasteiger partial charge in [-0.2, -0.15) is 0 Å². The summed E-state index contributed by atoms with van der Waals surface area (Å²) in [6, 6.07) is 7.65. The minimum atomic E-state index is -0.940. The molecule has 2 aromatic rings. The number of hydrogen-bond acceptors (Lipinski definition) is 3. The lowest BCUT2D eigenvalue weighted by Gasteiger charge is -1.97. The van der Waals surface area contributed by atoms with Gasteiger partial charge in [0.1, 0.15) is 5.01 Å². The molecule has 0 spiro atoms. The van der Waals surface area contributed by atoms with E-state index in [1.807, 2.05) is 36.6 Å². The SMILES string of the molecule is Cc1csc(-c2ccc(/C=C/C(=O)O)cc2)n1. The Kier molecular flexibility index (Phi) is 3.35. The summed E-state index contributed by atoms with van der Waals surface area (Å²) in [5.41, 5.74) is 2.93. The predicted octanol–water partition coefficient (Wildman–Crippen LogP) is 3.22. The summed E-state index contributed by atoms with van der Waals surface area (Å²) in [7, 11) is 0. The van der Waals surface area contributed by atoms with Crippen LogP contribution in [-0.4, -0.2) is 16.1 Å². The van der Waals surface area contributed by atoms with Crippen molar-refractivity contribution in [2.45, 2.75) is 6.92 Å². The van der Waals surface area contributed by atoms with Gasteiger partial charge in [0.25, 0.3) is 0 Å². The van der Waals surface area contributed by atoms with E-state index in [0.717, 1.165) is 27.9 Å². The van der Waals surface area contributed by atoms with Crippen LogP contribution in [-0.2, 0) is 4.79 Å². The smallest absolute Gasteiger partial charge is 0.328 e. The summed E-state index contributed by atoms with van der Waals surface area (Å²) in [5, 5.41) is 11.5. The molecule has 0 saturated heterocycles. The molecule has 0 radical (unpaired) electrons. The monoisotopic (exact) mass is 245 g/mol. The van der Waals surface area contributed by atoms with Crippen molar-refractivity contribution in [2.24, 2.45) is 0 Å². The third-order valence-electron chi connectivity index (χ3n) is 2.20. The van der Waals surface area contributed by atoms with Crippen LogP contribution >= 0.6 is 11.3 Å². The summed E-state index contributed by atoms with van der Waals surface area (Å²) in [6.07, 6.45) is 2.70. The molecule has 0 aliphatic carbocycles. The molecule has 2 rings (SSSR count). The van der Waals surface area contributed by atoms with Crippen LogP contribution in [0.1, 0.15) is 11.3 Å². The minimum absolute atomic E-state index is 0.865. The summed E-state index contributed by atoms with van der Waals surface area (Å²) in [4.78, 5) is 14.8. The second kappa shape index (κ2) is 4.93. The number of aliphatic carboxylic acids is 1. The first-order chi connectivity index (χ1) is 8.15. The molecule has 4 heteroatoms. The van der Waals surface area contributed by atoms with E-state index < -0.39 is 5.97 Å². The minimum Gasteiger partial charge on any atom is -0.478 e. The molecule has 0 bridgehead atoms. The highest BCUT2D eigenvalue weighted by atomic mass is 32.1. The number of hydrogen-bond donors (Lipinski definition) is 1. The Morgan fingerprint density at radius 1 is 1.35 bits per heavy atom. The van der Waals surface area contributed by atoms with Crippen LogP contribution in [0.3, 0.4) is 0 Å². The van der Waals surface area contributed by atoms with E-state index >= 15 is 0 Å². The Hall–Kier alpha value is -1.94. The van der Waals surface area contributed by atoms with Gasteiger partial charge in [0.2, 0.25) is 0 Å². The summed E-state index contributed by atoms with van der Waals surface area (Å²) in [5.74, 6) is -0.940. The molecule has 0 saturated carbocycles. The summed E-state index contributed by atoms with van der Waals surface area (Å²) < 4.78 is 0. The van der Waals surface area contributed by atoms with E-state index in [-0.39, 0.29) is 0 Å². The molecule has 86 valence electrons. The number of thiazole rings is 1. The normalized spacial score (nSPS) is 10.9. The molecule has 1 aromatic carbocycles. The van der Waals surface area contributed by atoms with Crippen molar-refractivity contribution in [3.8, 4) is 10.6 Å². The molecule has 0 aliphatic heterocycles. The number of carboxylic acids is 1. The quantitative estimate of drug-likeness (QED) is 0.845. The highest BCUT2D eigenvalue weighted by Gasteiger charge is 2.01. The van der Waals surface area contributed by atoms with Crippen molar-refractivity contribution in [2.75, 3.05) is 0 Å². The van der Waals surface area contributed by atoms with Gasteiger partial charge < -0.3 is 5.11 Å². The van der Waals surface area contributed by atoms with Gasteiger partial charge in [0, 0.05) is 22.7 Å². The van der Waals surface area contributed by atoms with E-state index in [4.69, 9.17) is 5.11 Å². The molecule has 0 atom stereocenters. The summed E-state index contributed by atoms with van der Waals surface area (Å²) >= 11 is 1.60. The first kappa shape index (κ1) is 11.5. The van der Waals surface area contributed by atoms with Gasteiger partial charge in [-0.15, -0.1) is 11.3 Å². The lowest BCUT2D eigenvalue weighted by molar-refractivity contribution is -0.131. The van der Waals surface area contributed by atoms with Gasteiger partial charge in [-0.25, -0.2) is 9.78 Å². The van der Waals surface area contributed by atoms with Crippen molar-refractivity contribution in [3.63, 3.8) is 0 Å². The molecular weight excluding hydrogens is 234 g/mol. The Bertz CT molecular complexity index is 555. The summed E-state index contributed by atoms with van der Waals surface area (Å²) in [6.45, 7) is 1.96. The number of benzene rings is 1. The van der Waals surface area contributed by atoms with E-state index in [9.17, 15) is 4.79 Å². The van der Waals surface area contributed by atoms with E-state index in [0.29, 0.717) is 0 Å². The standard InChI is InChI=1S/C13H11NO2S/c1-9-8-17-13(14-9)11-5-2-10(3-6-11)4-7-12(15)16/h2-8H,1H3,(H,15,16)/b7-4+. The predicted molar refractivity (Wildman–Crippen MR) is 69.0 cm³/mol. The van der Waals surface area contributed by atoms with Crippen molar-refractivity contribution in [3.05, 3.63) is 47.0 Å². The van der Waals surface area contributed by atoms with Crippen LogP contribution in [0.25, 0.3) is 16.6 Å². The maximum atomic E-state index is 10.4. The third-order valence-corrected chi connectivity index (χ3v) is 3.20. The second-order valence-corrected chi connectivity index (χ2v) is 4.45. The van der Waals surface area contributed by atoms with Crippen LogP contribution in [0.15, 0.2) is 35.7 Å². The maximum Gasteiger partial charge on any atom is 0.328 e. The van der Waals surface area contributed by atoms with E-state index in [1.54, 1.807) is 17.4 Å². The molecule has 0 aliphatic rings. The van der Waals surface area contributed by atoms with Crippen LogP contribution < -0.4 is 0 Å². The zero-order chi connectivity index (χ0) is 12.3. The Morgan fingerprint density at radius 3 is 2.59 bits per heavy atom. The Labute approximate surface area is 103 Å². The van der Waals surface area contributed by atoms with Gasteiger partial charge in [0.15, 0.2) is 0 Å². The molecule has 0 fully saturated rings. The highest BCUT2D eigenvalue weighted by Crippen LogP contribution is 2.23. The number of carboxylic acid groups (broad SMARTS) is 1. The van der Waals surface area contributed by atoms with E-state index in [2.05, 4.69) is 4.98 Å². The van der Waals surface area contributed by atoms with Crippen molar-refractivity contribution >= 4 is 23.4 Å². The van der Waals surface area contributed by atoms with Crippen molar-refractivity contribution in [1.82, 2.24) is 4.98 Å². The van der Waals surface area contributed by atoms with Crippen LogP contribution in [0, 0.1) is 6.92 Å². The molecule has 0 unspecified atom stereocenters. The molecule has 3 nitrogen and oxygen atoms in total. The fraction of sp³-hybridized carbons (Fsp3) is 0.0769. The lowest BCUT2D eigenvalue weighted by atomic mass is 10.1. The molecule has 1 heterocycles. The average Bonchev–Trinajstić information content (AvgIpc) is 2.74. The first-order valence-corrected chi connectivity index (χ1v) is 5.97. The fourth-order valence-electron chi connectivity index (χ4n) is 1.39. The van der Waals surface area contributed by atoms with Crippen LogP contribution in [0.4, 0.5) is 0 Å². The van der Waals surface area contributed by atoms with Gasteiger partial charge >= 0.3 is 5.97 Å². The zero-order valence-electron chi connectivity index (χ0n) is 9.25. The van der Waals surface area contributed by atoms with Crippen LogP contribution in [0.2, 0.25) is 0 Å². The van der Waals surface area contributed by atoms with Crippen LogP contribution in [0.5, 0.6) is 0 Å². The highest BCUT2D eigenvalue weighted by molar-refractivity contribution is 7.13. The molecular formula is C13H11NO2S. The van der Waals surface area contributed by atoms with Gasteiger partial charge in [-0.3, -0.25) is 0 Å². The Balaban J connectivity index is 2.21. The first-order valence-electron chi connectivity index (χ1n) is 5.09. The van der Waals surface area contributed by atoms with E-state index in [1.165, 1.54) is 0 Å². The average molecular weight is 245 g/mol. The van der Waals surface area contributed by atoms with Crippen molar-refractivity contribution < 1.29 is 9.90 Å². The topological polar surface area (TPSA) is 50.2 Å². The third kappa shape index (κ3) is 3.01. The lowest BCUT2D eigenvalue weighted by Crippen LogP contribution is -1.85. The van der Waals surface area contributed by atoms with Gasteiger partial charge in [0.05, 0.1) is 0 Å². The molecule has 1 aromatic heterocycles. The molecule has 1 N–H and O–H groups in total. The number of aromatic nitrogens is 1. The molecule has 0 amide bonds. The largest absolute Gasteiger partial charge is 0.478 e. The number of carbonyl (C=O) groups is 1. The fourth-order valence-corrected chi connectivity index (χ4v) is 2.19. The molecule has 17 heavy (non-hydrogen) atoms. The van der Waals surface area contributed by atoms with Crippen molar-refractivity contribution in [1.29, 1.82) is 0 Å².